The molecule has 2 atom stereocenters. The maximum absolute atomic E-state index is 13.2. The quantitative estimate of drug-likeness (QED) is 0.438. The van der Waals surface area contributed by atoms with Gasteiger partial charge in [0.05, 0.1) is 11.4 Å². The highest BCUT2D eigenvalue weighted by Gasteiger charge is 2.31. The zero-order valence-corrected chi connectivity index (χ0v) is 19.0. The summed E-state index contributed by atoms with van der Waals surface area (Å²) in [7, 11) is 1.65. The third-order valence-electron chi connectivity index (χ3n) is 5.62. The lowest BCUT2D eigenvalue weighted by molar-refractivity contribution is -0.138. The molecule has 1 aliphatic heterocycles. The van der Waals surface area contributed by atoms with Crippen molar-refractivity contribution >= 4 is 35.0 Å². The van der Waals surface area contributed by atoms with E-state index < -0.39 is 24.2 Å². The maximum Gasteiger partial charge on any atom is 0.321 e. The zero-order chi connectivity index (χ0) is 24.9. The van der Waals surface area contributed by atoms with Crippen molar-refractivity contribution in [2.75, 3.05) is 17.3 Å². The molecule has 35 heavy (non-hydrogen) atoms. The second-order valence-corrected chi connectivity index (χ2v) is 8.11. The van der Waals surface area contributed by atoms with Crippen LogP contribution in [-0.4, -0.2) is 48.0 Å². The topological polar surface area (TPSA) is 137 Å². The van der Waals surface area contributed by atoms with Gasteiger partial charge in [0.1, 0.15) is 6.04 Å². The summed E-state index contributed by atoms with van der Waals surface area (Å²) in [6, 6.07) is 21.9. The van der Waals surface area contributed by atoms with E-state index in [0.29, 0.717) is 22.6 Å². The maximum atomic E-state index is 13.2. The molecule has 0 radical (unpaired) electrons. The largest absolute Gasteiger partial charge is 0.480 e. The van der Waals surface area contributed by atoms with Crippen LogP contribution in [-0.2, 0) is 16.0 Å². The molecule has 0 aliphatic carbocycles. The highest BCUT2D eigenvalue weighted by atomic mass is 16.4. The fourth-order valence-corrected chi connectivity index (χ4v) is 3.85. The van der Waals surface area contributed by atoms with Crippen LogP contribution in [0.1, 0.15) is 16.7 Å². The van der Waals surface area contributed by atoms with Crippen molar-refractivity contribution in [3.05, 3.63) is 95.6 Å². The van der Waals surface area contributed by atoms with Gasteiger partial charge in [0, 0.05) is 23.9 Å². The standard InChI is InChI=1S/C26H25N5O4/c1-31-21-13-6-5-12-19(21)22(17-9-3-2-4-10-17)29-23(24(31)32)30-26(35)28-18-11-7-8-16(14-18)15-20(27)25(33)34/h2-14,20,23H,15,27H2,1H3,(H,33,34)(H2,28,30,35). The molecule has 3 aromatic carbocycles. The molecule has 0 saturated heterocycles. The Balaban J connectivity index is 1.58. The third kappa shape index (κ3) is 5.36. The number of aliphatic carboxylic acids is 1. The lowest BCUT2D eigenvalue weighted by Gasteiger charge is -2.21. The number of likely N-dealkylation sites (N-methyl/N-ethyl adjacent to an activating group) is 1. The molecule has 0 spiro atoms. The Morgan fingerprint density at radius 1 is 1.06 bits per heavy atom. The summed E-state index contributed by atoms with van der Waals surface area (Å²) in [5.74, 6) is -1.50. The predicted molar refractivity (Wildman–Crippen MR) is 134 cm³/mol. The zero-order valence-electron chi connectivity index (χ0n) is 19.0. The van der Waals surface area contributed by atoms with Crippen molar-refractivity contribution in [2.24, 2.45) is 10.7 Å². The van der Waals surface area contributed by atoms with Gasteiger partial charge in [-0.2, -0.15) is 0 Å². The molecular weight excluding hydrogens is 446 g/mol. The van der Waals surface area contributed by atoms with E-state index in [1.807, 2.05) is 54.6 Å². The molecule has 9 nitrogen and oxygen atoms in total. The summed E-state index contributed by atoms with van der Waals surface area (Å²) in [4.78, 5) is 43.2. The number of hydrogen-bond donors (Lipinski definition) is 4. The van der Waals surface area contributed by atoms with Crippen LogP contribution in [0, 0.1) is 0 Å². The van der Waals surface area contributed by atoms with Gasteiger partial charge in [-0.1, -0.05) is 60.7 Å². The predicted octanol–water partition coefficient (Wildman–Crippen LogP) is 2.60. The molecule has 2 unspecified atom stereocenters. The van der Waals surface area contributed by atoms with E-state index >= 15 is 0 Å². The van der Waals surface area contributed by atoms with Crippen LogP contribution in [0.4, 0.5) is 16.2 Å². The van der Waals surface area contributed by atoms with E-state index in [4.69, 9.17) is 10.8 Å². The molecular formula is C26H25N5O4. The number of nitrogens with zero attached hydrogens (tertiary/aromatic N) is 2. The number of urea groups is 1. The molecule has 0 aromatic heterocycles. The Hall–Kier alpha value is -4.50. The van der Waals surface area contributed by atoms with E-state index in [1.54, 1.807) is 31.3 Å². The van der Waals surface area contributed by atoms with Gasteiger partial charge in [-0.05, 0) is 30.2 Å². The van der Waals surface area contributed by atoms with Crippen molar-refractivity contribution in [2.45, 2.75) is 18.6 Å². The summed E-state index contributed by atoms with van der Waals surface area (Å²) in [5.41, 5.74) is 9.57. The molecule has 1 heterocycles. The van der Waals surface area contributed by atoms with Gasteiger partial charge in [-0.15, -0.1) is 0 Å². The lowest BCUT2D eigenvalue weighted by Crippen LogP contribution is -2.47. The number of aliphatic imine (C=N–C) groups is 1. The molecule has 0 bridgehead atoms. The van der Waals surface area contributed by atoms with Crippen LogP contribution < -0.4 is 21.3 Å². The smallest absolute Gasteiger partial charge is 0.321 e. The van der Waals surface area contributed by atoms with E-state index in [9.17, 15) is 14.4 Å². The monoisotopic (exact) mass is 471 g/mol. The summed E-state index contributed by atoms with van der Waals surface area (Å²) in [6.45, 7) is 0. The number of amides is 3. The Morgan fingerprint density at radius 2 is 1.77 bits per heavy atom. The number of anilines is 2. The minimum absolute atomic E-state index is 0.112. The number of para-hydroxylation sites is 1. The van der Waals surface area contributed by atoms with Gasteiger partial charge < -0.3 is 26.4 Å². The highest BCUT2D eigenvalue weighted by molar-refractivity contribution is 6.20. The fraction of sp³-hybridized carbons (Fsp3) is 0.154. The summed E-state index contributed by atoms with van der Waals surface area (Å²) in [6.07, 6.45) is -1.05. The lowest BCUT2D eigenvalue weighted by atomic mass is 10.0. The minimum atomic E-state index is -1.16. The number of hydrogen-bond acceptors (Lipinski definition) is 5. The minimum Gasteiger partial charge on any atom is -0.480 e. The van der Waals surface area contributed by atoms with Gasteiger partial charge >= 0.3 is 12.0 Å². The Morgan fingerprint density at radius 3 is 2.51 bits per heavy atom. The Kier molecular flexibility index (Phi) is 6.88. The van der Waals surface area contributed by atoms with Crippen LogP contribution in [0.25, 0.3) is 0 Å². The van der Waals surface area contributed by atoms with E-state index in [-0.39, 0.29) is 12.3 Å². The number of benzodiazepines with no additional fused rings is 1. The van der Waals surface area contributed by atoms with Crippen LogP contribution >= 0.6 is 0 Å². The number of rotatable bonds is 6. The van der Waals surface area contributed by atoms with Crippen molar-refractivity contribution in [3.8, 4) is 0 Å². The average Bonchev–Trinajstić information content (AvgIpc) is 2.95. The number of nitrogens with two attached hydrogens (primary N) is 1. The van der Waals surface area contributed by atoms with Crippen molar-refractivity contribution in [1.29, 1.82) is 0 Å². The van der Waals surface area contributed by atoms with Crippen molar-refractivity contribution < 1.29 is 19.5 Å². The SMILES string of the molecule is CN1C(=O)C(NC(=O)Nc2cccc(CC(N)C(=O)O)c2)N=C(c2ccccc2)c2ccccc21. The molecule has 4 rings (SSSR count). The van der Waals surface area contributed by atoms with Crippen LogP contribution in [0.3, 0.4) is 0 Å². The highest BCUT2D eigenvalue weighted by Crippen LogP contribution is 2.27. The number of benzene rings is 3. The van der Waals surface area contributed by atoms with Gasteiger partial charge in [-0.25, -0.2) is 9.79 Å². The number of carboxylic acids is 1. The second-order valence-electron chi connectivity index (χ2n) is 8.11. The van der Waals surface area contributed by atoms with Gasteiger partial charge in [0.2, 0.25) is 6.17 Å². The summed E-state index contributed by atoms with van der Waals surface area (Å²) < 4.78 is 0. The molecule has 0 saturated carbocycles. The first-order valence-electron chi connectivity index (χ1n) is 11.0. The van der Waals surface area contributed by atoms with E-state index in [0.717, 1.165) is 11.1 Å². The molecule has 1 aliphatic rings. The number of fused-ring (bicyclic) bond motifs is 1. The first kappa shape index (κ1) is 23.7. The van der Waals surface area contributed by atoms with Gasteiger partial charge in [0.15, 0.2) is 0 Å². The summed E-state index contributed by atoms with van der Waals surface area (Å²) >= 11 is 0. The number of carboxylic acid groups (broad SMARTS) is 1. The summed E-state index contributed by atoms with van der Waals surface area (Å²) in [5, 5.41) is 14.4. The molecule has 5 N–H and O–H groups in total. The van der Waals surface area contributed by atoms with E-state index in [1.165, 1.54) is 4.90 Å². The number of carbonyl (C=O) groups is 3. The number of carbonyl (C=O) groups excluding carboxylic acids is 2. The van der Waals surface area contributed by atoms with E-state index in [2.05, 4.69) is 15.6 Å². The number of nitrogens with one attached hydrogen (secondary N) is 2. The molecule has 0 fully saturated rings. The third-order valence-corrected chi connectivity index (χ3v) is 5.62. The van der Waals surface area contributed by atoms with Crippen LogP contribution in [0.2, 0.25) is 0 Å². The average molecular weight is 472 g/mol. The molecule has 3 aromatic rings. The molecule has 178 valence electrons. The Labute approximate surface area is 202 Å². The Bertz CT molecular complexity index is 1290. The fourth-order valence-electron chi connectivity index (χ4n) is 3.85. The van der Waals surface area contributed by atoms with Crippen molar-refractivity contribution in [1.82, 2.24) is 5.32 Å². The normalized spacial score (nSPS) is 15.9. The van der Waals surface area contributed by atoms with Gasteiger partial charge in [0.25, 0.3) is 5.91 Å². The van der Waals surface area contributed by atoms with Gasteiger partial charge in [-0.3, -0.25) is 9.59 Å². The van der Waals surface area contributed by atoms with Crippen LogP contribution in [0.5, 0.6) is 0 Å². The first-order valence-corrected chi connectivity index (χ1v) is 11.0. The van der Waals surface area contributed by atoms with Crippen LogP contribution in [0.15, 0.2) is 83.9 Å². The molecule has 9 heteroatoms. The first-order chi connectivity index (χ1) is 16.8. The molecule has 3 amide bonds. The van der Waals surface area contributed by atoms with Crippen molar-refractivity contribution in [3.63, 3.8) is 0 Å². The second kappa shape index (κ2) is 10.2.